The molecule has 0 unspecified atom stereocenters. The van der Waals surface area contributed by atoms with Gasteiger partial charge in [-0.3, -0.25) is 0 Å². The zero-order valence-corrected chi connectivity index (χ0v) is 10.2. The van der Waals surface area contributed by atoms with E-state index in [9.17, 15) is 4.39 Å². The van der Waals surface area contributed by atoms with Crippen LogP contribution in [-0.4, -0.2) is 13.2 Å². The van der Waals surface area contributed by atoms with Crippen molar-refractivity contribution in [3.8, 4) is 0 Å². The molecule has 0 atom stereocenters. The van der Waals surface area contributed by atoms with Crippen molar-refractivity contribution in [2.24, 2.45) is 5.41 Å². The highest BCUT2D eigenvalue weighted by atomic mass is 19.1. The van der Waals surface area contributed by atoms with E-state index in [1.807, 2.05) is 12.1 Å². The minimum atomic E-state index is -0.171. The van der Waals surface area contributed by atoms with Crippen LogP contribution in [0, 0.1) is 11.2 Å². The Morgan fingerprint density at radius 2 is 1.75 bits per heavy atom. The zero-order chi connectivity index (χ0) is 11.8. The maximum absolute atomic E-state index is 12.9. The van der Waals surface area contributed by atoms with Crippen molar-refractivity contribution in [1.29, 1.82) is 0 Å². The predicted molar refractivity (Wildman–Crippen MR) is 63.0 cm³/mol. The van der Waals surface area contributed by atoms with Crippen molar-refractivity contribution >= 4 is 0 Å². The Bertz CT molecular complexity index is 357. The Balaban J connectivity index is 2.24. The van der Waals surface area contributed by atoms with Gasteiger partial charge in [0.2, 0.25) is 0 Å². The Hall–Kier alpha value is -0.890. The second-order valence-corrected chi connectivity index (χ2v) is 6.02. The summed E-state index contributed by atoms with van der Waals surface area (Å²) in [5, 5.41) is 0. The van der Waals surface area contributed by atoms with Crippen LogP contribution in [0.2, 0.25) is 0 Å². The summed E-state index contributed by atoms with van der Waals surface area (Å²) in [6.45, 7) is 8.22. The first-order valence-corrected chi connectivity index (χ1v) is 5.75. The average Bonchev–Trinajstić information content (AvgIpc) is 2.11. The fraction of sp³-hybridized carbons (Fsp3) is 0.571. The van der Waals surface area contributed by atoms with Crippen molar-refractivity contribution in [2.45, 2.75) is 32.6 Å². The lowest BCUT2D eigenvalue weighted by molar-refractivity contribution is -0.0778. The first kappa shape index (κ1) is 11.6. The van der Waals surface area contributed by atoms with E-state index in [0.717, 1.165) is 19.6 Å². The minimum Gasteiger partial charge on any atom is -0.379 e. The average molecular weight is 222 g/mol. The molecule has 0 saturated carbocycles. The fourth-order valence-corrected chi connectivity index (χ4v) is 2.54. The standard InChI is InChI=1S/C14H19FO/c1-13(2,3)8-14(9-16-10-14)11-4-6-12(15)7-5-11/h4-7H,8-10H2,1-3H3. The molecule has 1 heterocycles. The Kier molecular flexibility index (Phi) is 2.79. The van der Waals surface area contributed by atoms with Crippen molar-refractivity contribution in [3.05, 3.63) is 35.6 Å². The van der Waals surface area contributed by atoms with Crippen LogP contribution in [0.4, 0.5) is 4.39 Å². The van der Waals surface area contributed by atoms with Gasteiger partial charge in [0.15, 0.2) is 0 Å². The molecule has 16 heavy (non-hydrogen) atoms. The number of ether oxygens (including phenoxy) is 1. The first-order valence-electron chi connectivity index (χ1n) is 5.75. The number of benzene rings is 1. The van der Waals surface area contributed by atoms with Crippen molar-refractivity contribution in [3.63, 3.8) is 0 Å². The maximum atomic E-state index is 12.9. The lowest BCUT2D eigenvalue weighted by Gasteiger charge is -2.45. The summed E-state index contributed by atoms with van der Waals surface area (Å²) in [7, 11) is 0. The van der Waals surface area contributed by atoms with E-state index >= 15 is 0 Å². The van der Waals surface area contributed by atoms with Gasteiger partial charge in [0.25, 0.3) is 0 Å². The molecule has 0 spiro atoms. The van der Waals surface area contributed by atoms with Crippen LogP contribution >= 0.6 is 0 Å². The van der Waals surface area contributed by atoms with Crippen LogP contribution in [0.5, 0.6) is 0 Å². The Morgan fingerprint density at radius 1 is 1.19 bits per heavy atom. The van der Waals surface area contributed by atoms with E-state index in [2.05, 4.69) is 20.8 Å². The number of hydrogen-bond donors (Lipinski definition) is 0. The highest BCUT2D eigenvalue weighted by Gasteiger charge is 2.42. The summed E-state index contributed by atoms with van der Waals surface area (Å²) in [4.78, 5) is 0. The van der Waals surface area contributed by atoms with Crippen LogP contribution in [0.25, 0.3) is 0 Å². The molecular formula is C14H19FO. The highest BCUT2D eigenvalue weighted by Crippen LogP contribution is 2.42. The van der Waals surface area contributed by atoms with Gasteiger partial charge < -0.3 is 4.74 Å². The molecule has 1 aliphatic heterocycles. The van der Waals surface area contributed by atoms with Gasteiger partial charge in [0.05, 0.1) is 13.2 Å². The van der Waals surface area contributed by atoms with Crippen LogP contribution < -0.4 is 0 Å². The van der Waals surface area contributed by atoms with Crippen molar-refractivity contribution in [2.75, 3.05) is 13.2 Å². The fourth-order valence-electron chi connectivity index (χ4n) is 2.54. The summed E-state index contributed by atoms with van der Waals surface area (Å²) >= 11 is 0. The third-order valence-corrected chi connectivity index (χ3v) is 3.08. The van der Waals surface area contributed by atoms with E-state index in [1.54, 1.807) is 0 Å². The molecule has 2 heteroatoms. The van der Waals surface area contributed by atoms with Crippen molar-refractivity contribution in [1.82, 2.24) is 0 Å². The van der Waals surface area contributed by atoms with E-state index in [0.29, 0.717) is 0 Å². The molecule has 1 aromatic carbocycles. The van der Waals surface area contributed by atoms with E-state index in [4.69, 9.17) is 4.74 Å². The molecular weight excluding hydrogens is 203 g/mol. The molecule has 0 N–H and O–H groups in total. The molecule has 2 rings (SSSR count). The summed E-state index contributed by atoms with van der Waals surface area (Å²) in [6.07, 6.45) is 1.08. The van der Waals surface area contributed by atoms with Gasteiger partial charge in [-0.2, -0.15) is 0 Å². The summed E-state index contributed by atoms with van der Waals surface area (Å²) in [5.41, 5.74) is 1.57. The summed E-state index contributed by atoms with van der Waals surface area (Å²) in [6, 6.07) is 6.86. The molecule has 0 aliphatic carbocycles. The second-order valence-electron chi connectivity index (χ2n) is 6.02. The summed E-state index contributed by atoms with van der Waals surface area (Å²) < 4.78 is 18.3. The van der Waals surface area contributed by atoms with Crippen LogP contribution in [0.15, 0.2) is 24.3 Å². The topological polar surface area (TPSA) is 9.23 Å². The van der Waals surface area contributed by atoms with Gasteiger partial charge in [0, 0.05) is 5.41 Å². The molecule has 1 aromatic rings. The van der Waals surface area contributed by atoms with Gasteiger partial charge in [-0.15, -0.1) is 0 Å². The second kappa shape index (κ2) is 3.85. The molecule has 1 saturated heterocycles. The maximum Gasteiger partial charge on any atom is 0.123 e. The van der Waals surface area contributed by atoms with E-state index in [-0.39, 0.29) is 16.6 Å². The third-order valence-electron chi connectivity index (χ3n) is 3.08. The van der Waals surface area contributed by atoms with Crippen molar-refractivity contribution < 1.29 is 9.13 Å². The molecule has 0 aromatic heterocycles. The number of halogens is 1. The largest absolute Gasteiger partial charge is 0.379 e. The highest BCUT2D eigenvalue weighted by molar-refractivity contribution is 5.28. The van der Waals surface area contributed by atoms with Crippen LogP contribution in [0.1, 0.15) is 32.8 Å². The van der Waals surface area contributed by atoms with Gasteiger partial charge in [-0.05, 0) is 29.5 Å². The molecule has 1 nitrogen and oxygen atoms in total. The predicted octanol–water partition coefficient (Wildman–Crippen LogP) is 3.53. The summed E-state index contributed by atoms with van der Waals surface area (Å²) in [5.74, 6) is -0.171. The Labute approximate surface area is 96.6 Å². The van der Waals surface area contributed by atoms with Gasteiger partial charge in [0.1, 0.15) is 5.82 Å². The first-order chi connectivity index (χ1) is 7.41. The molecule has 0 bridgehead atoms. The molecule has 88 valence electrons. The molecule has 0 amide bonds. The Morgan fingerprint density at radius 3 is 2.12 bits per heavy atom. The molecule has 0 radical (unpaired) electrons. The normalized spacial score (nSPS) is 19.2. The lowest BCUT2D eigenvalue weighted by atomic mass is 9.68. The monoisotopic (exact) mass is 222 g/mol. The smallest absolute Gasteiger partial charge is 0.123 e. The minimum absolute atomic E-state index is 0.103. The van der Waals surface area contributed by atoms with Gasteiger partial charge in [-0.1, -0.05) is 32.9 Å². The van der Waals surface area contributed by atoms with Gasteiger partial charge >= 0.3 is 0 Å². The van der Waals surface area contributed by atoms with Crippen LogP contribution in [-0.2, 0) is 10.2 Å². The third kappa shape index (κ3) is 2.27. The molecule has 1 aliphatic rings. The zero-order valence-electron chi connectivity index (χ0n) is 10.2. The van der Waals surface area contributed by atoms with Crippen LogP contribution in [0.3, 0.4) is 0 Å². The number of hydrogen-bond acceptors (Lipinski definition) is 1. The van der Waals surface area contributed by atoms with E-state index < -0.39 is 0 Å². The quantitative estimate of drug-likeness (QED) is 0.743. The van der Waals surface area contributed by atoms with E-state index in [1.165, 1.54) is 17.7 Å². The lowest BCUT2D eigenvalue weighted by Crippen LogP contribution is -2.49. The van der Waals surface area contributed by atoms with Gasteiger partial charge in [-0.25, -0.2) is 4.39 Å². The molecule has 1 fully saturated rings. The number of rotatable bonds is 2. The SMILES string of the molecule is CC(C)(C)CC1(c2ccc(F)cc2)COC1.